The van der Waals surface area contributed by atoms with Crippen molar-refractivity contribution in [1.29, 1.82) is 0 Å². The summed E-state index contributed by atoms with van der Waals surface area (Å²) < 4.78 is 6.21. The van der Waals surface area contributed by atoms with Crippen LogP contribution in [0.1, 0.15) is 23.3 Å². The number of nitrogens with one attached hydrogen (secondary N) is 1. The Morgan fingerprint density at radius 3 is 2.95 bits per heavy atom. The number of hydrogen-bond acceptors (Lipinski definition) is 5. The van der Waals surface area contributed by atoms with Gasteiger partial charge in [0, 0.05) is 19.0 Å². The number of aromatic amines is 1. The summed E-state index contributed by atoms with van der Waals surface area (Å²) in [5.74, 6) is 1.56. The maximum Gasteiger partial charge on any atom is 0.222 e. The first-order chi connectivity index (χ1) is 10.0. The van der Waals surface area contributed by atoms with Gasteiger partial charge in [0.2, 0.25) is 5.91 Å². The highest BCUT2D eigenvalue weighted by atomic mass is 79.9. The normalized spacial score (nSPS) is 22.8. The van der Waals surface area contributed by atoms with E-state index in [1.807, 2.05) is 19.1 Å². The maximum absolute atomic E-state index is 11.7. The van der Waals surface area contributed by atoms with Crippen molar-refractivity contribution in [3.8, 4) is 0 Å². The van der Waals surface area contributed by atoms with E-state index in [-0.39, 0.29) is 17.7 Å². The van der Waals surface area contributed by atoms with Gasteiger partial charge in [-0.25, -0.2) is 4.98 Å². The van der Waals surface area contributed by atoms with Gasteiger partial charge in [0.05, 0.1) is 12.5 Å². The lowest BCUT2D eigenvalue weighted by Gasteiger charge is -2.12. The van der Waals surface area contributed by atoms with E-state index in [2.05, 4.69) is 36.0 Å². The molecular formula is C13H16BrN5O2. The van der Waals surface area contributed by atoms with E-state index in [9.17, 15) is 4.79 Å². The van der Waals surface area contributed by atoms with Gasteiger partial charge in [-0.2, -0.15) is 5.10 Å². The van der Waals surface area contributed by atoms with Crippen LogP contribution in [0.25, 0.3) is 0 Å². The van der Waals surface area contributed by atoms with Crippen molar-refractivity contribution < 1.29 is 9.21 Å². The third-order valence-electron chi connectivity index (χ3n) is 3.72. The van der Waals surface area contributed by atoms with Crippen LogP contribution in [0.15, 0.2) is 21.2 Å². The molecule has 0 spiro atoms. The molecule has 1 aliphatic heterocycles. The number of amides is 1. The second-order valence-electron chi connectivity index (χ2n) is 5.29. The molecule has 112 valence electrons. The highest BCUT2D eigenvalue weighted by Gasteiger charge is 2.39. The summed E-state index contributed by atoms with van der Waals surface area (Å²) in [5, 5.41) is 6.99. The van der Waals surface area contributed by atoms with Gasteiger partial charge < -0.3 is 10.2 Å². The van der Waals surface area contributed by atoms with Crippen LogP contribution in [0, 0.1) is 12.8 Å². The molecule has 3 N–H and O–H groups in total. The molecule has 7 nitrogen and oxygen atoms in total. The molecule has 0 aromatic carbocycles. The van der Waals surface area contributed by atoms with Crippen molar-refractivity contribution in [1.82, 2.24) is 20.1 Å². The topological polar surface area (TPSA) is 101 Å². The predicted octanol–water partition coefficient (Wildman–Crippen LogP) is 1.17. The Hall–Kier alpha value is -1.67. The van der Waals surface area contributed by atoms with Crippen LogP contribution in [0.5, 0.6) is 0 Å². The number of primary amides is 1. The van der Waals surface area contributed by atoms with E-state index in [0.29, 0.717) is 30.1 Å². The number of H-pyrrole nitrogens is 1. The minimum atomic E-state index is -0.314. The molecule has 2 aromatic heterocycles. The van der Waals surface area contributed by atoms with Crippen LogP contribution >= 0.6 is 15.9 Å². The highest BCUT2D eigenvalue weighted by Crippen LogP contribution is 2.31. The number of halogens is 1. The van der Waals surface area contributed by atoms with E-state index in [1.165, 1.54) is 0 Å². The number of hydrogen-bond donors (Lipinski definition) is 2. The van der Waals surface area contributed by atoms with E-state index >= 15 is 0 Å². The Morgan fingerprint density at radius 2 is 2.38 bits per heavy atom. The molecule has 0 radical (unpaired) electrons. The van der Waals surface area contributed by atoms with E-state index in [0.717, 1.165) is 11.6 Å². The average molecular weight is 354 g/mol. The Morgan fingerprint density at radius 1 is 1.57 bits per heavy atom. The number of likely N-dealkylation sites (tertiary alicyclic amines) is 1. The number of aromatic nitrogens is 3. The summed E-state index contributed by atoms with van der Waals surface area (Å²) in [5.41, 5.74) is 5.53. The van der Waals surface area contributed by atoms with Crippen molar-refractivity contribution >= 4 is 21.8 Å². The van der Waals surface area contributed by atoms with Crippen LogP contribution in [0.2, 0.25) is 0 Å². The quantitative estimate of drug-likeness (QED) is 0.858. The number of nitrogens with two attached hydrogens (primary N) is 1. The fraction of sp³-hybridized carbons (Fsp3) is 0.462. The van der Waals surface area contributed by atoms with Crippen molar-refractivity contribution in [2.45, 2.75) is 19.4 Å². The highest BCUT2D eigenvalue weighted by molar-refractivity contribution is 9.10. The Labute approximate surface area is 130 Å². The summed E-state index contributed by atoms with van der Waals surface area (Å²) in [6, 6.07) is 3.76. The fourth-order valence-corrected chi connectivity index (χ4v) is 3.09. The van der Waals surface area contributed by atoms with Gasteiger partial charge in [0.1, 0.15) is 11.6 Å². The molecule has 2 aromatic rings. The zero-order chi connectivity index (χ0) is 15.0. The number of aryl methyl sites for hydroxylation is 1. The Kier molecular flexibility index (Phi) is 3.81. The van der Waals surface area contributed by atoms with Gasteiger partial charge in [-0.1, -0.05) is 0 Å². The minimum absolute atomic E-state index is 0.0779. The van der Waals surface area contributed by atoms with Gasteiger partial charge in [0.15, 0.2) is 10.5 Å². The molecule has 1 fully saturated rings. The second-order valence-corrected chi connectivity index (χ2v) is 6.08. The van der Waals surface area contributed by atoms with E-state index in [4.69, 9.17) is 10.2 Å². The lowest BCUT2D eigenvalue weighted by atomic mass is 9.95. The lowest BCUT2D eigenvalue weighted by molar-refractivity contribution is -0.121. The van der Waals surface area contributed by atoms with Crippen LogP contribution in [0.3, 0.4) is 0 Å². The van der Waals surface area contributed by atoms with Gasteiger partial charge >= 0.3 is 0 Å². The number of carbonyl (C=O) groups excluding carboxylic acids is 1. The molecule has 1 saturated heterocycles. The third-order valence-corrected chi connectivity index (χ3v) is 4.14. The summed E-state index contributed by atoms with van der Waals surface area (Å²) in [6.07, 6.45) is 0. The smallest absolute Gasteiger partial charge is 0.222 e. The predicted molar refractivity (Wildman–Crippen MR) is 78.2 cm³/mol. The Bertz CT molecular complexity index is 653. The first-order valence-electron chi connectivity index (χ1n) is 6.67. The Balaban J connectivity index is 1.76. The van der Waals surface area contributed by atoms with Gasteiger partial charge in [-0.3, -0.25) is 14.8 Å². The summed E-state index contributed by atoms with van der Waals surface area (Å²) in [7, 11) is 0. The second kappa shape index (κ2) is 5.61. The monoisotopic (exact) mass is 353 g/mol. The number of carbonyl (C=O) groups is 1. The fourth-order valence-electron chi connectivity index (χ4n) is 2.75. The molecule has 3 heterocycles. The number of rotatable bonds is 4. The van der Waals surface area contributed by atoms with E-state index < -0.39 is 0 Å². The molecule has 3 rings (SSSR count). The molecule has 2 atom stereocenters. The number of nitrogens with zero attached hydrogens (tertiary/aromatic N) is 3. The first-order valence-corrected chi connectivity index (χ1v) is 7.47. The summed E-state index contributed by atoms with van der Waals surface area (Å²) in [6.45, 7) is 3.74. The van der Waals surface area contributed by atoms with Gasteiger partial charge in [-0.15, -0.1) is 0 Å². The zero-order valence-electron chi connectivity index (χ0n) is 11.5. The van der Waals surface area contributed by atoms with Crippen molar-refractivity contribution in [3.63, 3.8) is 0 Å². The standard InChI is InChI=1S/C13H16BrN5O2/c1-7-16-13(18-17-7)10-6-19(5-9(10)12(15)20)4-8-2-3-11(14)21-8/h2-3,9-10H,4-6H2,1H3,(H2,15,20)(H,16,17,18)/t9-,10-/m1/s1. The average Bonchev–Trinajstić information content (AvgIpc) is 3.10. The molecule has 0 unspecified atom stereocenters. The van der Waals surface area contributed by atoms with Crippen molar-refractivity contribution in [2.75, 3.05) is 13.1 Å². The maximum atomic E-state index is 11.7. The SMILES string of the molecule is Cc1nc([C@@H]2CN(Cc3ccc(Br)o3)C[C@H]2C(N)=O)n[nH]1. The lowest BCUT2D eigenvalue weighted by Crippen LogP contribution is -2.29. The minimum Gasteiger partial charge on any atom is -0.453 e. The van der Waals surface area contributed by atoms with Crippen LogP contribution < -0.4 is 5.73 Å². The van der Waals surface area contributed by atoms with Crippen molar-refractivity contribution in [3.05, 3.63) is 34.2 Å². The molecule has 0 saturated carbocycles. The van der Waals surface area contributed by atoms with E-state index in [1.54, 1.807) is 0 Å². The molecule has 0 bridgehead atoms. The molecule has 21 heavy (non-hydrogen) atoms. The van der Waals surface area contributed by atoms with Crippen LogP contribution in [-0.2, 0) is 11.3 Å². The summed E-state index contributed by atoms with van der Waals surface area (Å²) in [4.78, 5) is 18.2. The molecular weight excluding hydrogens is 338 g/mol. The molecule has 1 aliphatic rings. The molecule has 0 aliphatic carbocycles. The molecule has 1 amide bonds. The largest absolute Gasteiger partial charge is 0.453 e. The zero-order valence-corrected chi connectivity index (χ0v) is 13.1. The first kappa shape index (κ1) is 14.3. The molecule has 8 heteroatoms. The van der Waals surface area contributed by atoms with Crippen LogP contribution in [-0.4, -0.2) is 39.1 Å². The summed E-state index contributed by atoms with van der Waals surface area (Å²) >= 11 is 3.28. The third kappa shape index (κ3) is 3.01. The number of furan rings is 1. The van der Waals surface area contributed by atoms with Crippen LogP contribution in [0.4, 0.5) is 0 Å². The van der Waals surface area contributed by atoms with Crippen molar-refractivity contribution in [2.24, 2.45) is 11.7 Å². The van der Waals surface area contributed by atoms with Gasteiger partial charge in [-0.05, 0) is 35.0 Å². The van der Waals surface area contributed by atoms with Gasteiger partial charge in [0.25, 0.3) is 0 Å².